The zero-order valence-electron chi connectivity index (χ0n) is 30.7. The standard InChI is InChI=1S/C37H57N5O7S/c1-8-23(4)28(35(47)49-21-25-13-10-9-11-14-25)39-36(48)40-30(37(5,6)7)34(46)42-20-26(22(2)3)19-27(42)32(45)41-33(29(43)31(38)44)50-18-12-15-24-16-17-24/h9-11,13-14,22-24,26-28,30,33H,8,12,15-21H2,1-7H3,(H2,38,44)(H,41,45)(H2,39,40,48)/t23-,26-,27+,28+,30-,33?/m1/s1. The first-order valence-electron chi connectivity index (χ1n) is 17.9. The molecule has 6 atom stereocenters. The molecular weight excluding hydrogens is 659 g/mol. The number of Topliss-reactive ketones (excluding diaryl/α,β-unsaturated/α-hetero) is 1. The number of hydrogen-bond donors (Lipinski definition) is 4. The van der Waals surface area contributed by atoms with Gasteiger partial charge in [-0.3, -0.25) is 19.2 Å². The number of carbonyl (C=O) groups is 6. The Bertz CT molecular complexity index is 1350. The molecule has 1 aromatic carbocycles. The third-order valence-electron chi connectivity index (χ3n) is 9.72. The van der Waals surface area contributed by atoms with Crippen molar-refractivity contribution in [2.45, 2.75) is 117 Å². The summed E-state index contributed by atoms with van der Waals surface area (Å²) in [5.74, 6) is -2.47. The second kappa shape index (κ2) is 18.6. The summed E-state index contributed by atoms with van der Waals surface area (Å²) in [6, 6.07) is 5.56. The van der Waals surface area contributed by atoms with E-state index >= 15 is 0 Å². The van der Waals surface area contributed by atoms with Gasteiger partial charge >= 0.3 is 12.0 Å². The van der Waals surface area contributed by atoms with E-state index < -0.39 is 64.4 Å². The first kappa shape index (κ1) is 40.8. The Kier molecular flexibility index (Phi) is 15.2. The molecule has 1 saturated carbocycles. The van der Waals surface area contributed by atoms with Gasteiger partial charge in [0.2, 0.25) is 11.8 Å². The SMILES string of the molecule is CC[C@@H](C)[C@H](NC(=O)N[C@H](C(=O)N1C[C@H](C(C)C)C[C@H]1C(=O)NC(SCCCC1CC1)C(=O)C(N)=O)C(C)(C)C)C(=O)OCc1ccccc1. The second-order valence-corrected chi connectivity index (χ2v) is 16.4. The van der Waals surface area contributed by atoms with E-state index in [1.165, 1.54) is 29.5 Å². The zero-order chi connectivity index (χ0) is 37.2. The van der Waals surface area contributed by atoms with Crippen molar-refractivity contribution in [1.29, 1.82) is 0 Å². The number of amides is 5. The Hall–Kier alpha value is -3.61. The topological polar surface area (TPSA) is 177 Å². The van der Waals surface area contributed by atoms with E-state index in [1.807, 2.05) is 58.0 Å². The fraction of sp³-hybridized carbons (Fsp3) is 0.676. The number of nitrogens with one attached hydrogen (secondary N) is 3. The van der Waals surface area contributed by atoms with Gasteiger partial charge in [-0.2, -0.15) is 0 Å². The first-order valence-corrected chi connectivity index (χ1v) is 18.9. The lowest BCUT2D eigenvalue weighted by Gasteiger charge is -2.36. The molecule has 2 aliphatic rings. The van der Waals surface area contributed by atoms with E-state index in [9.17, 15) is 28.8 Å². The normalized spacial score (nSPS) is 20.0. The van der Waals surface area contributed by atoms with E-state index in [4.69, 9.17) is 10.5 Å². The minimum atomic E-state index is -1.16. The summed E-state index contributed by atoms with van der Waals surface area (Å²) in [7, 11) is 0. The highest BCUT2D eigenvalue weighted by Gasteiger charge is 2.46. The summed E-state index contributed by atoms with van der Waals surface area (Å²) in [5, 5.41) is 7.10. The van der Waals surface area contributed by atoms with E-state index in [1.54, 1.807) is 20.8 Å². The summed E-state index contributed by atoms with van der Waals surface area (Å²) in [4.78, 5) is 80.9. The molecule has 0 aromatic heterocycles. The maximum absolute atomic E-state index is 14.4. The van der Waals surface area contributed by atoms with Crippen molar-refractivity contribution in [2.75, 3.05) is 12.3 Å². The number of rotatable bonds is 18. The Balaban J connectivity index is 1.76. The van der Waals surface area contributed by atoms with Crippen LogP contribution in [0.2, 0.25) is 0 Å². The number of benzene rings is 1. The lowest BCUT2D eigenvalue weighted by atomic mass is 9.85. The van der Waals surface area contributed by atoms with Crippen LogP contribution < -0.4 is 21.7 Å². The molecule has 0 spiro atoms. The quantitative estimate of drug-likeness (QED) is 0.0758. The van der Waals surface area contributed by atoms with Gasteiger partial charge in [0, 0.05) is 6.54 Å². The van der Waals surface area contributed by atoms with Gasteiger partial charge in [0.25, 0.3) is 11.7 Å². The average Bonchev–Trinajstić information content (AvgIpc) is 3.79. The number of hydrogen-bond acceptors (Lipinski definition) is 8. The summed E-state index contributed by atoms with van der Waals surface area (Å²) in [6.45, 7) is 13.5. The van der Waals surface area contributed by atoms with Crippen LogP contribution in [-0.4, -0.2) is 76.2 Å². The lowest BCUT2D eigenvalue weighted by molar-refractivity contribution is -0.148. The number of ether oxygens (including phenoxy) is 1. The molecule has 3 rings (SSSR count). The predicted octanol–water partition coefficient (Wildman–Crippen LogP) is 4.15. The minimum Gasteiger partial charge on any atom is -0.459 e. The summed E-state index contributed by atoms with van der Waals surface area (Å²) in [6.07, 6.45) is 5.23. The van der Waals surface area contributed by atoms with Crippen molar-refractivity contribution in [1.82, 2.24) is 20.9 Å². The largest absolute Gasteiger partial charge is 0.459 e. The lowest BCUT2D eigenvalue weighted by Crippen LogP contribution is -2.61. The molecule has 278 valence electrons. The van der Waals surface area contributed by atoms with Crippen molar-refractivity contribution in [3.8, 4) is 0 Å². The molecule has 13 heteroatoms. The predicted molar refractivity (Wildman–Crippen MR) is 193 cm³/mol. The summed E-state index contributed by atoms with van der Waals surface area (Å²) < 4.78 is 5.54. The molecule has 5 N–H and O–H groups in total. The Morgan fingerprint density at radius 2 is 1.66 bits per heavy atom. The Morgan fingerprint density at radius 1 is 1.00 bits per heavy atom. The van der Waals surface area contributed by atoms with Crippen molar-refractivity contribution in [3.63, 3.8) is 0 Å². The maximum Gasteiger partial charge on any atom is 0.329 e. The molecule has 1 aromatic rings. The molecule has 0 bridgehead atoms. The fourth-order valence-corrected chi connectivity index (χ4v) is 7.01. The molecule has 1 heterocycles. The number of nitrogens with zero attached hydrogens (tertiary/aromatic N) is 1. The number of urea groups is 1. The number of likely N-dealkylation sites (tertiary alicyclic amines) is 1. The van der Waals surface area contributed by atoms with Gasteiger partial charge in [-0.05, 0) is 59.7 Å². The molecule has 1 unspecified atom stereocenters. The van der Waals surface area contributed by atoms with Crippen LogP contribution in [0.25, 0.3) is 0 Å². The van der Waals surface area contributed by atoms with Crippen LogP contribution in [0.1, 0.15) is 92.6 Å². The van der Waals surface area contributed by atoms with E-state index in [0.29, 0.717) is 24.5 Å². The highest BCUT2D eigenvalue weighted by Crippen LogP contribution is 2.35. The number of nitrogens with two attached hydrogens (primary N) is 1. The molecular formula is C37H57N5O7S. The Labute approximate surface area is 301 Å². The summed E-state index contributed by atoms with van der Waals surface area (Å²) in [5.41, 5.74) is 5.36. The van der Waals surface area contributed by atoms with E-state index in [-0.39, 0.29) is 30.9 Å². The van der Waals surface area contributed by atoms with Gasteiger partial charge in [0.15, 0.2) is 0 Å². The molecule has 12 nitrogen and oxygen atoms in total. The molecule has 1 saturated heterocycles. The van der Waals surface area contributed by atoms with Crippen LogP contribution >= 0.6 is 11.8 Å². The Morgan fingerprint density at radius 3 is 2.22 bits per heavy atom. The van der Waals surface area contributed by atoms with E-state index in [0.717, 1.165) is 18.4 Å². The smallest absolute Gasteiger partial charge is 0.329 e. The van der Waals surface area contributed by atoms with Gasteiger partial charge in [-0.15, -0.1) is 11.8 Å². The number of primary amides is 1. The van der Waals surface area contributed by atoms with Crippen LogP contribution in [0.4, 0.5) is 4.79 Å². The number of thioether (sulfide) groups is 1. The number of esters is 1. The second-order valence-electron chi connectivity index (χ2n) is 15.2. The van der Waals surface area contributed by atoms with Crippen molar-refractivity contribution in [2.24, 2.45) is 34.8 Å². The highest BCUT2D eigenvalue weighted by molar-refractivity contribution is 8.00. The fourth-order valence-electron chi connectivity index (χ4n) is 5.98. The van der Waals surface area contributed by atoms with Crippen molar-refractivity contribution in [3.05, 3.63) is 35.9 Å². The van der Waals surface area contributed by atoms with Gasteiger partial charge in [-0.25, -0.2) is 9.59 Å². The van der Waals surface area contributed by atoms with Crippen LogP contribution in [0.15, 0.2) is 30.3 Å². The number of ketones is 1. The molecule has 50 heavy (non-hydrogen) atoms. The van der Waals surface area contributed by atoms with Gasteiger partial charge < -0.3 is 31.3 Å². The van der Waals surface area contributed by atoms with Crippen molar-refractivity contribution >= 4 is 47.3 Å². The highest BCUT2D eigenvalue weighted by atomic mass is 32.2. The van der Waals surface area contributed by atoms with Crippen molar-refractivity contribution < 1.29 is 33.5 Å². The minimum absolute atomic E-state index is 0.0187. The van der Waals surface area contributed by atoms with Gasteiger partial charge in [0.05, 0.1) is 0 Å². The van der Waals surface area contributed by atoms with Crippen LogP contribution in [0.5, 0.6) is 0 Å². The zero-order valence-corrected chi connectivity index (χ0v) is 31.5. The van der Waals surface area contributed by atoms with E-state index in [2.05, 4.69) is 16.0 Å². The van der Waals surface area contributed by atoms with Crippen LogP contribution in [0.3, 0.4) is 0 Å². The molecule has 2 fully saturated rings. The monoisotopic (exact) mass is 715 g/mol. The van der Waals surface area contributed by atoms with Gasteiger partial charge in [0.1, 0.15) is 30.1 Å². The molecule has 1 aliphatic carbocycles. The van der Waals surface area contributed by atoms with Crippen LogP contribution in [-0.2, 0) is 35.3 Å². The van der Waals surface area contributed by atoms with Gasteiger partial charge in [-0.1, -0.05) is 98.1 Å². The third kappa shape index (κ3) is 12.0. The first-order chi connectivity index (χ1) is 23.5. The number of carbonyl (C=O) groups excluding carboxylic acids is 6. The molecule has 1 aliphatic heterocycles. The molecule has 5 amide bonds. The average molecular weight is 716 g/mol. The maximum atomic E-state index is 14.4. The van der Waals surface area contributed by atoms with Crippen LogP contribution in [0, 0.1) is 29.1 Å². The molecule has 0 radical (unpaired) electrons. The summed E-state index contributed by atoms with van der Waals surface area (Å²) >= 11 is 1.18. The third-order valence-corrected chi connectivity index (χ3v) is 10.9.